The van der Waals surface area contributed by atoms with Crippen LogP contribution in [0.5, 0.6) is 5.75 Å². The number of nitrogens with two attached hydrogens (primary N) is 1. The van der Waals surface area contributed by atoms with Crippen molar-refractivity contribution in [3.8, 4) is 16.9 Å². The normalized spacial score (nSPS) is 10.6. The molecule has 1 heterocycles. The van der Waals surface area contributed by atoms with Gasteiger partial charge in [0.1, 0.15) is 18.2 Å². The summed E-state index contributed by atoms with van der Waals surface area (Å²) in [6.07, 6.45) is 2.47. The van der Waals surface area contributed by atoms with E-state index in [9.17, 15) is 14.0 Å². The Labute approximate surface area is 208 Å². The summed E-state index contributed by atoms with van der Waals surface area (Å²) in [5, 5.41) is 0. The maximum atomic E-state index is 14.0. The highest BCUT2D eigenvalue weighted by atomic mass is 19.1. The lowest BCUT2D eigenvalue weighted by Gasteiger charge is -2.13. The lowest BCUT2D eigenvalue weighted by Crippen LogP contribution is -2.14. The molecule has 182 valence electrons. The summed E-state index contributed by atoms with van der Waals surface area (Å²) in [7, 11) is 0. The third kappa shape index (κ3) is 6.40. The third-order valence-corrected chi connectivity index (χ3v) is 5.60. The molecular weight excluding hydrogens is 459 g/mol. The van der Waals surface area contributed by atoms with E-state index in [-0.39, 0.29) is 37.5 Å². The van der Waals surface area contributed by atoms with E-state index in [0.29, 0.717) is 11.3 Å². The molecule has 36 heavy (non-hydrogen) atoms. The Balaban J connectivity index is 1.46. The van der Waals surface area contributed by atoms with Gasteiger partial charge in [0.05, 0.1) is 6.20 Å². The van der Waals surface area contributed by atoms with Gasteiger partial charge in [-0.15, -0.1) is 0 Å². The van der Waals surface area contributed by atoms with Gasteiger partial charge in [-0.25, -0.2) is 9.18 Å². The van der Waals surface area contributed by atoms with E-state index < -0.39 is 11.8 Å². The van der Waals surface area contributed by atoms with E-state index in [1.54, 1.807) is 36.4 Å². The number of hydrogen-bond acceptors (Lipinski definition) is 6. The Morgan fingerprint density at radius 1 is 0.917 bits per heavy atom. The fourth-order valence-corrected chi connectivity index (χ4v) is 3.69. The van der Waals surface area contributed by atoms with Crippen molar-refractivity contribution < 1.29 is 23.5 Å². The highest BCUT2D eigenvalue weighted by molar-refractivity contribution is 5.98. The highest BCUT2D eigenvalue weighted by Crippen LogP contribution is 2.29. The number of Topliss-reactive ketones (excluding diaryl/α,β-unsaturated/α-hetero) is 1. The summed E-state index contributed by atoms with van der Waals surface area (Å²) in [6, 6.07) is 23.3. The van der Waals surface area contributed by atoms with Crippen LogP contribution in [0.1, 0.15) is 27.0 Å². The SMILES string of the molecule is NCc1ccc(C(=O)Cc2ccncc2F)cc1-c1cccc(OCC(=O)OCc2ccccc2)c1. The minimum Gasteiger partial charge on any atom is -0.482 e. The molecule has 0 amide bonds. The predicted molar refractivity (Wildman–Crippen MR) is 134 cm³/mol. The van der Waals surface area contributed by atoms with Gasteiger partial charge in [0.25, 0.3) is 0 Å². The Kier molecular flexibility index (Phi) is 8.16. The van der Waals surface area contributed by atoms with Gasteiger partial charge in [-0.05, 0) is 52.1 Å². The third-order valence-electron chi connectivity index (χ3n) is 5.60. The first-order valence-corrected chi connectivity index (χ1v) is 11.4. The number of nitrogens with zero attached hydrogens (tertiary/aromatic N) is 1. The second kappa shape index (κ2) is 11.9. The van der Waals surface area contributed by atoms with Crippen molar-refractivity contribution >= 4 is 11.8 Å². The molecule has 7 heteroatoms. The van der Waals surface area contributed by atoms with E-state index >= 15 is 0 Å². The summed E-state index contributed by atoms with van der Waals surface area (Å²) >= 11 is 0. The van der Waals surface area contributed by atoms with Crippen LogP contribution < -0.4 is 10.5 Å². The second-order valence-corrected chi connectivity index (χ2v) is 8.11. The number of ether oxygens (including phenoxy) is 2. The number of esters is 1. The molecule has 0 saturated carbocycles. The first-order chi connectivity index (χ1) is 17.5. The Bertz CT molecular complexity index is 1360. The number of aromatic nitrogens is 1. The van der Waals surface area contributed by atoms with Crippen LogP contribution in [0.2, 0.25) is 0 Å². The lowest BCUT2D eigenvalue weighted by molar-refractivity contribution is -0.147. The quantitative estimate of drug-likeness (QED) is 0.254. The minimum absolute atomic E-state index is 0.0794. The molecular formula is C29H25FN2O4. The zero-order valence-electron chi connectivity index (χ0n) is 19.5. The van der Waals surface area contributed by atoms with Crippen molar-refractivity contribution in [3.63, 3.8) is 0 Å². The summed E-state index contributed by atoms with van der Waals surface area (Å²) in [4.78, 5) is 28.7. The molecule has 1 aromatic heterocycles. The van der Waals surface area contributed by atoms with Crippen LogP contribution in [-0.4, -0.2) is 23.3 Å². The second-order valence-electron chi connectivity index (χ2n) is 8.11. The maximum absolute atomic E-state index is 14.0. The lowest BCUT2D eigenvalue weighted by atomic mass is 9.94. The molecule has 6 nitrogen and oxygen atoms in total. The predicted octanol–water partition coefficient (Wildman–Crippen LogP) is 4.89. The van der Waals surface area contributed by atoms with Crippen LogP contribution in [0.3, 0.4) is 0 Å². The molecule has 0 spiro atoms. The van der Waals surface area contributed by atoms with Crippen LogP contribution in [0.4, 0.5) is 4.39 Å². The van der Waals surface area contributed by atoms with Gasteiger partial charge in [-0.2, -0.15) is 0 Å². The summed E-state index contributed by atoms with van der Waals surface area (Å²) in [5.74, 6) is -0.749. The van der Waals surface area contributed by atoms with Gasteiger partial charge in [0.2, 0.25) is 0 Å². The van der Waals surface area contributed by atoms with Crippen molar-refractivity contribution in [2.75, 3.05) is 6.61 Å². The first-order valence-electron chi connectivity index (χ1n) is 11.4. The monoisotopic (exact) mass is 484 g/mol. The molecule has 4 rings (SSSR count). The smallest absolute Gasteiger partial charge is 0.344 e. The molecule has 0 aliphatic heterocycles. The summed E-state index contributed by atoms with van der Waals surface area (Å²) < 4.78 is 24.9. The summed E-state index contributed by atoms with van der Waals surface area (Å²) in [5.41, 5.74) is 9.93. The van der Waals surface area contributed by atoms with Gasteiger partial charge in [-0.3, -0.25) is 9.78 Å². The average molecular weight is 485 g/mol. The van der Waals surface area contributed by atoms with Crippen LogP contribution in [0.25, 0.3) is 11.1 Å². The van der Waals surface area contributed by atoms with E-state index in [2.05, 4.69) is 4.98 Å². The Hall–Kier alpha value is -4.36. The number of carbonyl (C=O) groups excluding carboxylic acids is 2. The highest BCUT2D eigenvalue weighted by Gasteiger charge is 2.14. The van der Waals surface area contributed by atoms with Crippen LogP contribution in [0, 0.1) is 5.82 Å². The number of rotatable bonds is 10. The zero-order valence-corrected chi connectivity index (χ0v) is 19.5. The van der Waals surface area contributed by atoms with Gasteiger partial charge in [-0.1, -0.05) is 54.6 Å². The van der Waals surface area contributed by atoms with E-state index in [1.807, 2.05) is 36.4 Å². The molecule has 0 aliphatic rings. The minimum atomic E-state index is -0.517. The number of benzene rings is 3. The molecule has 0 fully saturated rings. The van der Waals surface area contributed by atoms with Crippen LogP contribution >= 0.6 is 0 Å². The standard InChI is InChI=1S/C29H25FN2O4/c30-27-17-32-12-11-22(27)15-28(33)23-9-10-24(16-31)26(14-23)21-7-4-8-25(13-21)35-19-29(34)36-18-20-5-2-1-3-6-20/h1-14,17H,15-16,18-19,31H2. The van der Waals surface area contributed by atoms with E-state index in [4.69, 9.17) is 15.2 Å². The molecule has 2 N–H and O–H groups in total. The number of carbonyl (C=O) groups is 2. The number of hydrogen-bond donors (Lipinski definition) is 1. The van der Waals surface area contributed by atoms with Crippen molar-refractivity contribution in [2.24, 2.45) is 5.73 Å². The number of halogens is 1. The van der Waals surface area contributed by atoms with Gasteiger partial charge < -0.3 is 15.2 Å². The van der Waals surface area contributed by atoms with Gasteiger partial charge in [0.15, 0.2) is 12.4 Å². The Morgan fingerprint density at radius 2 is 1.75 bits per heavy atom. The first kappa shape index (κ1) is 24.8. The number of pyridine rings is 1. The average Bonchev–Trinajstić information content (AvgIpc) is 2.92. The van der Waals surface area contributed by atoms with E-state index in [0.717, 1.165) is 28.5 Å². The van der Waals surface area contributed by atoms with Gasteiger partial charge in [0, 0.05) is 24.7 Å². The van der Waals surface area contributed by atoms with Crippen molar-refractivity contribution in [1.82, 2.24) is 4.98 Å². The summed E-state index contributed by atoms with van der Waals surface area (Å²) in [6.45, 7) is 0.197. The maximum Gasteiger partial charge on any atom is 0.344 e. The van der Waals surface area contributed by atoms with Crippen LogP contribution in [-0.2, 0) is 29.1 Å². The van der Waals surface area contributed by atoms with Crippen molar-refractivity contribution in [2.45, 2.75) is 19.6 Å². The zero-order chi connectivity index (χ0) is 25.3. The van der Waals surface area contributed by atoms with E-state index in [1.165, 1.54) is 12.3 Å². The molecule has 0 bridgehead atoms. The van der Waals surface area contributed by atoms with Gasteiger partial charge >= 0.3 is 5.97 Å². The van der Waals surface area contributed by atoms with Crippen LogP contribution in [0.15, 0.2) is 91.3 Å². The Morgan fingerprint density at radius 3 is 2.53 bits per heavy atom. The largest absolute Gasteiger partial charge is 0.482 e. The fraction of sp³-hybridized carbons (Fsp3) is 0.138. The molecule has 0 saturated heterocycles. The molecule has 3 aromatic carbocycles. The molecule has 0 aliphatic carbocycles. The molecule has 0 unspecified atom stereocenters. The number of ketones is 1. The van der Waals surface area contributed by atoms with Crippen molar-refractivity contribution in [1.29, 1.82) is 0 Å². The molecule has 0 atom stereocenters. The molecule has 0 radical (unpaired) electrons. The van der Waals surface area contributed by atoms with Crippen molar-refractivity contribution in [3.05, 3.63) is 119 Å². The topological polar surface area (TPSA) is 91.5 Å². The fourth-order valence-electron chi connectivity index (χ4n) is 3.69. The molecule has 4 aromatic rings.